The van der Waals surface area contributed by atoms with Crippen molar-refractivity contribution in [2.45, 2.75) is 12.5 Å². The molecule has 2 heterocycles. The van der Waals surface area contributed by atoms with Crippen LogP contribution < -0.4 is 5.32 Å². The van der Waals surface area contributed by atoms with Crippen LogP contribution in [-0.2, 0) is 0 Å². The first-order valence-corrected chi connectivity index (χ1v) is 4.87. The van der Waals surface area contributed by atoms with Gasteiger partial charge < -0.3 is 5.32 Å². The van der Waals surface area contributed by atoms with E-state index in [1.807, 2.05) is 6.07 Å². The summed E-state index contributed by atoms with van der Waals surface area (Å²) in [6.07, 6.45) is 4.69. The number of benzene rings is 1. The molecule has 1 N–H and O–H groups in total. The van der Waals surface area contributed by atoms with Gasteiger partial charge in [0.2, 0.25) is 0 Å². The number of fused-ring (bicyclic) bond motifs is 1. The Balaban J connectivity index is 2.10. The third-order valence-electron chi connectivity index (χ3n) is 2.72. The van der Waals surface area contributed by atoms with E-state index in [1.165, 1.54) is 12.0 Å². The lowest BCUT2D eigenvalue weighted by Crippen LogP contribution is -2.34. The molecule has 1 aromatic carbocycles. The fourth-order valence-corrected chi connectivity index (χ4v) is 1.77. The van der Waals surface area contributed by atoms with Crippen LogP contribution in [0, 0.1) is 0 Å². The van der Waals surface area contributed by atoms with E-state index in [0.29, 0.717) is 6.04 Å². The summed E-state index contributed by atoms with van der Waals surface area (Å²) in [4.78, 5) is 8.53. The lowest BCUT2D eigenvalue weighted by molar-refractivity contribution is 0.383. The molecule has 1 aliphatic heterocycles. The molecule has 3 heteroatoms. The number of hydrogen-bond donors (Lipinski definition) is 1. The van der Waals surface area contributed by atoms with Crippen LogP contribution in [0.1, 0.15) is 18.0 Å². The highest BCUT2D eigenvalue weighted by Crippen LogP contribution is 2.24. The van der Waals surface area contributed by atoms with Crippen molar-refractivity contribution in [3.63, 3.8) is 0 Å². The second-order valence-corrected chi connectivity index (χ2v) is 3.60. The first-order valence-electron chi connectivity index (χ1n) is 4.87. The fourth-order valence-electron chi connectivity index (χ4n) is 1.77. The summed E-state index contributed by atoms with van der Waals surface area (Å²) < 4.78 is 0. The number of aromatic nitrogens is 2. The molecule has 1 atom stereocenters. The lowest BCUT2D eigenvalue weighted by atomic mass is 9.98. The summed E-state index contributed by atoms with van der Waals surface area (Å²) in [5.74, 6) is 0. The summed E-state index contributed by atoms with van der Waals surface area (Å²) in [6.45, 7) is 1.13. The van der Waals surface area contributed by atoms with Crippen molar-refractivity contribution in [1.29, 1.82) is 0 Å². The molecule has 0 aliphatic carbocycles. The maximum absolute atomic E-state index is 4.29. The maximum atomic E-state index is 4.29. The summed E-state index contributed by atoms with van der Waals surface area (Å²) in [6, 6.07) is 6.83. The van der Waals surface area contributed by atoms with Crippen LogP contribution in [-0.4, -0.2) is 16.5 Å². The van der Waals surface area contributed by atoms with E-state index in [2.05, 4.69) is 27.4 Å². The average molecular weight is 185 g/mol. The zero-order valence-electron chi connectivity index (χ0n) is 7.77. The zero-order chi connectivity index (χ0) is 9.38. The molecule has 1 saturated heterocycles. The molecule has 1 aliphatic rings. The molecule has 70 valence electrons. The molecule has 0 bridgehead atoms. The Morgan fingerprint density at radius 2 is 1.93 bits per heavy atom. The van der Waals surface area contributed by atoms with Crippen molar-refractivity contribution in [3.05, 3.63) is 36.2 Å². The predicted molar refractivity (Wildman–Crippen MR) is 54.9 cm³/mol. The topological polar surface area (TPSA) is 37.8 Å². The summed E-state index contributed by atoms with van der Waals surface area (Å²) in [5.41, 5.74) is 3.28. The van der Waals surface area contributed by atoms with Gasteiger partial charge in [-0.3, -0.25) is 9.97 Å². The summed E-state index contributed by atoms with van der Waals surface area (Å²) in [7, 11) is 0. The molecule has 3 nitrogen and oxygen atoms in total. The van der Waals surface area contributed by atoms with Gasteiger partial charge in [0.25, 0.3) is 0 Å². The Morgan fingerprint density at radius 1 is 1.14 bits per heavy atom. The fraction of sp³-hybridized carbons (Fsp3) is 0.273. The zero-order valence-corrected chi connectivity index (χ0v) is 7.77. The van der Waals surface area contributed by atoms with Crippen molar-refractivity contribution in [2.24, 2.45) is 0 Å². The second-order valence-electron chi connectivity index (χ2n) is 3.60. The molecule has 1 aromatic heterocycles. The second kappa shape index (κ2) is 3.03. The van der Waals surface area contributed by atoms with Gasteiger partial charge in [-0.2, -0.15) is 0 Å². The molecule has 1 fully saturated rings. The smallest absolute Gasteiger partial charge is 0.0890 e. The van der Waals surface area contributed by atoms with Gasteiger partial charge in [-0.15, -0.1) is 0 Å². The van der Waals surface area contributed by atoms with Crippen LogP contribution in [0.4, 0.5) is 0 Å². The number of nitrogens with one attached hydrogen (secondary N) is 1. The molecule has 0 amide bonds. The molecule has 14 heavy (non-hydrogen) atoms. The predicted octanol–water partition coefficient (Wildman–Crippen LogP) is 1.66. The van der Waals surface area contributed by atoms with Gasteiger partial charge in [0.05, 0.1) is 11.0 Å². The maximum Gasteiger partial charge on any atom is 0.0890 e. The average Bonchev–Trinajstić information content (AvgIpc) is 2.15. The van der Waals surface area contributed by atoms with E-state index in [-0.39, 0.29) is 0 Å². The molecule has 2 aromatic rings. The van der Waals surface area contributed by atoms with Gasteiger partial charge in [0.1, 0.15) is 0 Å². The van der Waals surface area contributed by atoms with Crippen molar-refractivity contribution in [2.75, 3.05) is 6.54 Å². The van der Waals surface area contributed by atoms with Gasteiger partial charge in [-0.1, -0.05) is 6.07 Å². The van der Waals surface area contributed by atoms with Crippen LogP contribution in [0.3, 0.4) is 0 Å². The third kappa shape index (κ3) is 1.17. The minimum absolute atomic E-state index is 0.529. The van der Waals surface area contributed by atoms with Gasteiger partial charge in [-0.25, -0.2) is 0 Å². The minimum atomic E-state index is 0.529. The molecule has 0 radical (unpaired) electrons. The molecular formula is C11H11N3. The van der Waals surface area contributed by atoms with E-state index in [1.54, 1.807) is 12.4 Å². The van der Waals surface area contributed by atoms with Gasteiger partial charge in [-0.05, 0) is 30.7 Å². The Morgan fingerprint density at radius 3 is 2.64 bits per heavy atom. The van der Waals surface area contributed by atoms with E-state index >= 15 is 0 Å². The first-order chi connectivity index (χ1) is 6.93. The quantitative estimate of drug-likeness (QED) is 0.734. The van der Waals surface area contributed by atoms with Crippen LogP contribution in [0.5, 0.6) is 0 Å². The SMILES string of the molecule is c1cnc2cc([C@H]3CCN3)ccc2n1. The van der Waals surface area contributed by atoms with Crippen LogP contribution in [0.15, 0.2) is 30.6 Å². The number of hydrogen-bond acceptors (Lipinski definition) is 3. The first kappa shape index (κ1) is 7.88. The monoisotopic (exact) mass is 185 g/mol. The minimum Gasteiger partial charge on any atom is -0.310 e. The van der Waals surface area contributed by atoms with Crippen LogP contribution >= 0.6 is 0 Å². The Hall–Kier alpha value is -1.48. The van der Waals surface area contributed by atoms with Crippen molar-refractivity contribution >= 4 is 11.0 Å². The van der Waals surface area contributed by atoms with Crippen LogP contribution in [0.25, 0.3) is 11.0 Å². The van der Waals surface area contributed by atoms with E-state index in [0.717, 1.165) is 17.6 Å². The van der Waals surface area contributed by atoms with E-state index < -0.39 is 0 Å². The Bertz CT molecular complexity index is 463. The molecular weight excluding hydrogens is 174 g/mol. The number of rotatable bonds is 1. The Kier molecular flexibility index (Phi) is 1.70. The highest BCUT2D eigenvalue weighted by atomic mass is 15.0. The standard InChI is InChI=1S/C11H11N3/c1-2-10-11(14-6-5-13-10)7-8(1)9-3-4-12-9/h1-2,5-7,9,12H,3-4H2/t9-/m1/s1. The summed E-state index contributed by atoms with van der Waals surface area (Å²) >= 11 is 0. The van der Waals surface area contributed by atoms with Crippen molar-refractivity contribution in [1.82, 2.24) is 15.3 Å². The van der Waals surface area contributed by atoms with Gasteiger partial charge >= 0.3 is 0 Å². The number of nitrogens with zero attached hydrogens (tertiary/aromatic N) is 2. The normalized spacial score (nSPS) is 20.7. The molecule has 3 rings (SSSR count). The van der Waals surface area contributed by atoms with E-state index in [4.69, 9.17) is 0 Å². The largest absolute Gasteiger partial charge is 0.310 e. The highest BCUT2D eigenvalue weighted by Gasteiger charge is 2.18. The van der Waals surface area contributed by atoms with Crippen molar-refractivity contribution in [3.8, 4) is 0 Å². The molecule has 0 unspecified atom stereocenters. The third-order valence-corrected chi connectivity index (χ3v) is 2.72. The highest BCUT2D eigenvalue weighted by molar-refractivity contribution is 5.74. The summed E-state index contributed by atoms with van der Waals surface area (Å²) in [5, 5.41) is 3.38. The molecule has 0 spiro atoms. The lowest BCUT2D eigenvalue weighted by Gasteiger charge is -2.27. The Labute approximate surface area is 82.2 Å². The molecule has 0 saturated carbocycles. The van der Waals surface area contributed by atoms with Crippen LogP contribution in [0.2, 0.25) is 0 Å². The van der Waals surface area contributed by atoms with Crippen molar-refractivity contribution < 1.29 is 0 Å². The van der Waals surface area contributed by atoms with Gasteiger partial charge in [0.15, 0.2) is 0 Å². The van der Waals surface area contributed by atoms with Gasteiger partial charge in [0, 0.05) is 18.4 Å². The van der Waals surface area contributed by atoms with E-state index in [9.17, 15) is 0 Å².